The van der Waals surface area contributed by atoms with Crippen molar-refractivity contribution in [3.63, 3.8) is 0 Å². The molecule has 0 aromatic rings. The average Bonchev–Trinajstić information content (AvgIpc) is 3.34. The summed E-state index contributed by atoms with van der Waals surface area (Å²) in [5.74, 6) is -2.93. The van der Waals surface area contributed by atoms with Crippen LogP contribution in [0, 0.1) is 11.3 Å². The summed E-state index contributed by atoms with van der Waals surface area (Å²) < 4.78 is 36.9. The van der Waals surface area contributed by atoms with E-state index in [1.807, 2.05) is 4.90 Å². The van der Waals surface area contributed by atoms with E-state index >= 15 is 0 Å². The molecule has 30 heavy (non-hydrogen) atoms. The van der Waals surface area contributed by atoms with Gasteiger partial charge in [0.05, 0.1) is 24.8 Å². The van der Waals surface area contributed by atoms with E-state index in [1.54, 1.807) is 12.0 Å². The third-order valence-corrected chi connectivity index (χ3v) is 4.97. The van der Waals surface area contributed by atoms with Crippen molar-refractivity contribution in [2.24, 2.45) is 5.73 Å². The van der Waals surface area contributed by atoms with Gasteiger partial charge in [0.1, 0.15) is 6.04 Å². The van der Waals surface area contributed by atoms with Gasteiger partial charge in [-0.1, -0.05) is 0 Å². The summed E-state index contributed by atoms with van der Waals surface area (Å²) in [6, 6.07) is 1.20. The molecular weight excluding hydrogens is 409 g/mol. The van der Waals surface area contributed by atoms with Gasteiger partial charge >= 0.3 is 12.1 Å². The van der Waals surface area contributed by atoms with Gasteiger partial charge in [-0.3, -0.25) is 9.59 Å². The van der Waals surface area contributed by atoms with Crippen molar-refractivity contribution in [2.45, 2.75) is 62.8 Å². The van der Waals surface area contributed by atoms with Gasteiger partial charge < -0.3 is 25.4 Å². The van der Waals surface area contributed by atoms with Crippen molar-refractivity contribution in [1.82, 2.24) is 9.80 Å². The SMILES string of the molecule is COC[C@@H]1CCCN1C(=O)CC[C@H](N)C(=O)N1CCC[C@H]1C#N.O=C(O)C(F)(F)F. The first-order chi connectivity index (χ1) is 14.0. The minimum atomic E-state index is -5.08. The molecule has 0 bridgehead atoms. The molecule has 2 heterocycles. The highest BCUT2D eigenvalue weighted by Crippen LogP contribution is 2.21. The Labute approximate surface area is 172 Å². The third kappa shape index (κ3) is 7.46. The Kier molecular flexibility index (Phi) is 10.0. The topological polar surface area (TPSA) is 137 Å². The number of halogens is 3. The highest BCUT2D eigenvalue weighted by atomic mass is 19.4. The molecule has 3 atom stereocenters. The molecule has 2 fully saturated rings. The minimum Gasteiger partial charge on any atom is -0.475 e. The monoisotopic (exact) mass is 436 g/mol. The predicted molar refractivity (Wildman–Crippen MR) is 97.9 cm³/mol. The predicted octanol–water partition coefficient (Wildman–Crippen LogP) is 0.879. The number of alkyl halides is 3. The fourth-order valence-electron chi connectivity index (χ4n) is 3.45. The van der Waals surface area contributed by atoms with Crippen LogP contribution in [0.15, 0.2) is 0 Å². The molecule has 2 amide bonds. The highest BCUT2D eigenvalue weighted by Gasteiger charge is 2.38. The summed E-state index contributed by atoms with van der Waals surface area (Å²) in [7, 11) is 1.64. The van der Waals surface area contributed by atoms with Crippen molar-refractivity contribution in [3.8, 4) is 6.07 Å². The Bertz CT molecular complexity index is 653. The van der Waals surface area contributed by atoms with Crippen LogP contribution in [0.25, 0.3) is 0 Å². The van der Waals surface area contributed by atoms with Crippen LogP contribution in [-0.2, 0) is 19.1 Å². The Morgan fingerprint density at radius 1 is 1.23 bits per heavy atom. The van der Waals surface area contributed by atoms with E-state index in [0.29, 0.717) is 26.0 Å². The average molecular weight is 436 g/mol. The number of nitriles is 1. The summed E-state index contributed by atoms with van der Waals surface area (Å²) in [6.07, 6.45) is -1.01. The number of rotatable bonds is 6. The number of hydrogen-bond acceptors (Lipinski definition) is 6. The standard InChI is InChI=1S/C16H26N4O3.C2HF3O2/c1-23-11-13-5-3-8-19(13)15(21)7-6-14(18)16(22)20-9-2-4-12(20)10-17;3-2(4,5)1(6)7/h12-14H,2-9,11,18H2,1H3;(H,6,7)/t12-,13-,14-;/m0./s1. The molecule has 0 spiro atoms. The van der Waals surface area contributed by atoms with Crippen molar-refractivity contribution in [3.05, 3.63) is 0 Å². The fraction of sp³-hybridized carbons (Fsp3) is 0.778. The fourth-order valence-corrected chi connectivity index (χ4v) is 3.45. The second-order valence-electron chi connectivity index (χ2n) is 7.11. The second kappa shape index (κ2) is 11.7. The molecule has 0 aromatic heterocycles. The van der Waals surface area contributed by atoms with Gasteiger partial charge in [-0.25, -0.2) is 4.79 Å². The van der Waals surface area contributed by atoms with E-state index in [9.17, 15) is 22.8 Å². The summed E-state index contributed by atoms with van der Waals surface area (Å²) in [5, 5.41) is 16.2. The molecule has 170 valence electrons. The van der Waals surface area contributed by atoms with Gasteiger partial charge in [-0.15, -0.1) is 0 Å². The van der Waals surface area contributed by atoms with Gasteiger partial charge in [0.25, 0.3) is 0 Å². The molecule has 0 aromatic carbocycles. The van der Waals surface area contributed by atoms with E-state index in [0.717, 1.165) is 25.8 Å². The first kappa shape index (κ1) is 25.6. The lowest BCUT2D eigenvalue weighted by Gasteiger charge is -2.26. The van der Waals surface area contributed by atoms with E-state index in [4.69, 9.17) is 25.6 Å². The van der Waals surface area contributed by atoms with Crippen molar-refractivity contribution < 1.29 is 37.4 Å². The number of carboxylic acids is 1. The van der Waals surface area contributed by atoms with Crippen LogP contribution >= 0.6 is 0 Å². The summed E-state index contributed by atoms with van der Waals surface area (Å²) in [5.41, 5.74) is 5.96. The zero-order valence-electron chi connectivity index (χ0n) is 16.7. The number of nitrogens with two attached hydrogens (primary N) is 1. The van der Waals surface area contributed by atoms with Crippen LogP contribution in [0.5, 0.6) is 0 Å². The number of aliphatic carboxylic acids is 1. The van der Waals surface area contributed by atoms with Crippen molar-refractivity contribution >= 4 is 17.8 Å². The van der Waals surface area contributed by atoms with E-state index in [-0.39, 0.29) is 30.3 Å². The molecule has 2 rings (SSSR count). The lowest BCUT2D eigenvalue weighted by Crippen LogP contribution is -2.46. The molecular formula is C18H27F3N4O5. The third-order valence-electron chi connectivity index (χ3n) is 4.97. The largest absolute Gasteiger partial charge is 0.490 e. The smallest absolute Gasteiger partial charge is 0.475 e. The summed E-state index contributed by atoms with van der Waals surface area (Å²) in [6.45, 7) is 1.88. The maximum absolute atomic E-state index is 12.3. The molecule has 0 saturated carbocycles. The number of carbonyl (C=O) groups is 3. The number of methoxy groups -OCH3 is 1. The number of ether oxygens (including phenoxy) is 1. The summed E-state index contributed by atoms with van der Waals surface area (Å²) in [4.78, 5) is 36.9. The van der Waals surface area contributed by atoms with Crippen LogP contribution in [0.3, 0.4) is 0 Å². The van der Waals surface area contributed by atoms with Crippen LogP contribution in [0.1, 0.15) is 38.5 Å². The van der Waals surface area contributed by atoms with Gasteiger partial charge in [0.2, 0.25) is 11.8 Å². The lowest BCUT2D eigenvalue weighted by atomic mass is 10.1. The van der Waals surface area contributed by atoms with E-state index in [2.05, 4.69) is 6.07 Å². The molecule has 0 unspecified atom stereocenters. The molecule has 0 aliphatic carbocycles. The van der Waals surface area contributed by atoms with Gasteiger partial charge in [-0.2, -0.15) is 18.4 Å². The number of likely N-dealkylation sites (tertiary alicyclic amines) is 2. The molecule has 12 heteroatoms. The van der Waals surface area contributed by atoms with Crippen LogP contribution in [-0.4, -0.2) is 83.8 Å². The maximum Gasteiger partial charge on any atom is 0.490 e. The van der Waals surface area contributed by atoms with Gasteiger partial charge in [-0.05, 0) is 32.1 Å². The first-order valence-electron chi connectivity index (χ1n) is 9.57. The van der Waals surface area contributed by atoms with Crippen LogP contribution in [0.4, 0.5) is 13.2 Å². The van der Waals surface area contributed by atoms with Crippen LogP contribution in [0.2, 0.25) is 0 Å². The molecule has 2 aliphatic heterocycles. The Morgan fingerprint density at radius 3 is 2.33 bits per heavy atom. The first-order valence-corrected chi connectivity index (χ1v) is 9.57. The molecule has 2 aliphatic rings. The summed E-state index contributed by atoms with van der Waals surface area (Å²) >= 11 is 0. The molecule has 9 nitrogen and oxygen atoms in total. The van der Waals surface area contributed by atoms with Gasteiger partial charge in [0.15, 0.2) is 0 Å². The molecule has 0 radical (unpaired) electrons. The maximum atomic E-state index is 12.3. The van der Waals surface area contributed by atoms with Crippen molar-refractivity contribution in [2.75, 3.05) is 26.8 Å². The number of carboxylic acid groups (broad SMARTS) is 1. The van der Waals surface area contributed by atoms with Crippen molar-refractivity contribution in [1.29, 1.82) is 5.26 Å². The normalized spacial score (nSPS) is 22.1. The number of carbonyl (C=O) groups excluding carboxylic acids is 2. The second-order valence-corrected chi connectivity index (χ2v) is 7.11. The molecule has 3 N–H and O–H groups in total. The van der Waals surface area contributed by atoms with Gasteiger partial charge in [0, 0.05) is 26.6 Å². The molecule has 2 saturated heterocycles. The number of nitrogens with zero attached hydrogens (tertiary/aromatic N) is 3. The Morgan fingerprint density at radius 2 is 1.80 bits per heavy atom. The zero-order valence-corrected chi connectivity index (χ0v) is 16.7. The lowest BCUT2D eigenvalue weighted by molar-refractivity contribution is -0.192. The Balaban J connectivity index is 0.000000553. The highest BCUT2D eigenvalue weighted by molar-refractivity contribution is 5.84. The Hall–Kier alpha value is -2.39. The quantitative estimate of drug-likeness (QED) is 0.630. The van der Waals surface area contributed by atoms with E-state index in [1.165, 1.54) is 0 Å². The zero-order chi connectivity index (χ0) is 22.9. The number of amides is 2. The van der Waals surface area contributed by atoms with Crippen LogP contribution < -0.4 is 5.73 Å². The minimum absolute atomic E-state index is 0.0334. The van der Waals surface area contributed by atoms with E-state index < -0.39 is 18.2 Å². The number of hydrogen-bond donors (Lipinski definition) is 2.